The van der Waals surface area contributed by atoms with Gasteiger partial charge in [-0.3, -0.25) is 4.79 Å². The van der Waals surface area contributed by atoms with Crippen molar-refractivity contribution in [3.8, 4) is 0 Å². The molecule has 0 spiro atoms. The Morgan fingerprint density at radius 2 is 2.07 bits per heavy atom. The van der Waals surface area contributed by atoms with Gasteiger partial charge in [-0.05, 0) is 30.0 Å². The molecule has 1 fully saturated rings. The zero-order chi connectivity index (χ0) is 18.7. The number of sulfone groups is 1. The van der Waals surface area contributed by atoms with Crippen molar-refractivity contribution in [2.75, 3.05) is 11.6 Å². The molecule has 148 valence electrons. The number of hydrogen-bond donors (Lipinski definition) is 1. The second kappa shape index (κ2) is 9.17. The van der Waals surface area contributed by atoms with Crippen molar-refractivity contribution in [1.82, 2.24) is 4.98 Å². The molecular weight excluding hydrogens is 404 g/mol. The van der Waals surface area contributed by atoms with Crippen LogP contribution in [0.15, 0.2) is 34.7 Å². The van der Waals surface area contributed by atoms with Crippen LogP contribution in [0.1, 0.15) is 51.0 Å². The SMILES string of the molecule is C.CS(=O)(=O)c1ccc(C(CC2CCCC2)C(=O)Nc2nccs2)cc1Cl. The summed E-state index contributed by atoms with van der Waals surface area (Å²) in [6.07, 6.45) is 8.12. The molecule has 1 saturated carbocycles. The Hall–Kier alpha value is -1.44. The first-order valence-corrected chi connectivity index (χ1v) is 11.7. The molecule has 1 aliphatic rings. The lowest BCUT2D eigenvalue weighted by atomic mass is 9.87. The molecule has 5 nitrogen and oxygen atoms in total. The first kappa shape index (κ1) is 21.9. The lowest BCUT2D eigenvalue weighted by Gasteiger charge is -2.20. The fourth-order valence-electron chi connectivity index (χ4n) is 3.49. The number of nitrogens with zero attached hydrogens (tertiary/aromatic N) is 1. The zero-order valence-electron chi connectivity index (χ0n) is 14.4. The summed E-state index contributed by atoms with van der Waals surface area (Å²) in [4.78, 5) is 17.1. The van der Waals surface area contributed by atoms with E-state index in [-0.39, 0.29) is 29.2 Å². The molecule has 3 rings (SSSR count). The number of halogens is 1. The van der Waals surface area contributed by atoms with Gasteiger partial charge in [0.05, 0.1) is 15.8 Å². The third kappa shape index (κ3) is 5.53. The highest BCUT2D eigenvalue weighted by atomic mass is 35.5. The van der Waals surface area contributed by atoms with E-state index < -0.39 is 9.84 Å². The van der Waals surface area contributed by atoms with E-state index in [4.69, 9.17) is 11.6 Å². The number of benzene rings is 1. The van der Waals surface area contributed by atoms with E-state index in [9.17, 15) is 13.2 Å². The van der Waals surface area contributed by atoms with Crippen molar-refractivity contribution in [3.63, 3.8) is 0 Å². The number of thiazole rings is 1. The van der Waals surface area contributed by atoms with Crippen molar-refractivity contribution in [2.45, 2.75) is 50.3 Å². The standard InChI is InChI=1S/C18H21ClN2O3S2.CH4/c1-26(23,24)16-7-6-13(11-15(16)19)14(10-12-4-2-3-5-12)17(22)21-18-20-8-9-25-18;/h6-9,11-12,14H,2-5,10H2,1H3,(H,20,21,22);1H4. The summed E-state index contributed by atoms with van der Waals surface area (Å²) in [5, 5.41) is 5.39. The summed E-state index contributed by atoms with van der Waals surface area (Å²) in [6, 6.07) is 4.80. The maximum absolute atomic E-state index is 12.9. The van der Waals surface area contributed by atoms with Crippen molar-refractivity contribution in [1.29, 1.82) is 0 Å². The summed E-state index contributed by atoms with van der Waals surface area (Å²) < 4.78 is 23.6. The van der Waals surface area contributed by atoms with Crippen LogP contribution >= 0.6 is 22.9 Å². The molecule has 2 aromatic rings. The highest BCUT2D eigenvalue weighted by molar-refractivity contribution is 7.90. The van der Waals surface area contributed by atoms with Crippen LogP contribution < -0.4 is 5.32 Å². The minimum Gasteiger partial charge on any atom is -0.301 e. The summed E-state index contributed by atoms with van der Waals surface area (Å²) in [5.74, 6) is -0.0152. The molecule has 0 radical (unpaired) electrons. The zero-order valence-corrected chi connectivity index (χ0v) is 16.8. The van der Waals surface area contributed by atoms with Crippen molar-refractivity contribution in [3.05, 3.63) is 40.4 Å². The van der Waals surface area contributed by atoms with E-state index in [0.717, 1.165) is 31.1 Å². The molecule has 1 unspecified atom stereocenters. The van der Waals surface area contributed by atoms with E-state index in [1.54, 1.807) is 23.7 Å². The highest BCUT2D eigenvalue weighted by Gasteiger charge is 2.28. The van der Waals surface area contributed by atoms with E-state index in [0.29, 0.717) is 11.0 Å². The maximum atomic E-state index is 12.9. The van der Waals surface area contributed by atoms with Crippen LogP contribution in [0.3, 0.4) is 0 Å². The van der Waals surface area contributed by atoms with E-state index in [1.165, 1.54) is 30.2 Å². The fourth-order valence-corrected chi connectivity index (χ4v) is 5.36. The Balaban J connectivity index is 0.00000261. The van der Waals surface area contributed by atoms with Gasteiger partial charge in [0.15, 0.2) is 15.0 Å². The smallest absolute Gasteiger partial charge is 0.233 e. The molecule has 1 atom stereocenters. The van der Waals surface area contributed by atoms with E-state index >= 15 is 0 Å². The first-order chi connectivity index (χ1) is 12.3. The number of nitrogens with one attached hydrogen (secondary N) is 1. The van der Waals surface area contributed by atoms with Crippen molar-refractivity contribution >= 4 is 43.8 Å². The Kier molecular flexibility index (Phi) is 7.42. The van der Waals surface area contributed by atoms with Crippen LogP contribution in [-0.4, -0.2) is 25.6 Å². The van der Waals surface area contributed by atoms with Crippen molar-refractivity contribution < 1.29 is 13.2 Å². The molecular formula is C19H25ClN2O3S2. The van der Waals surface area contributed by atoms with Gasteiger partial charge in [-0.25, -0.2) is 13.4 Å². The third-order valence-corrected chi connectivity index (χ3v) is 7.05. The molecule has 1 N–H and O–H groups in total. The van der Waals surface area contributed by atoms with Gasteiger partial charge in [-0.15, -0.1) is 11.3 Å². The van der Waals surface area contributed by atoms with Crippen molar-refractivity contribution in [2.24, 2.45) is 5.92 Å². The summed E-state index contributed by atoms with van der Waals surface area (Å²) >= 11 is 7.57. The maximum Gasteiger partial charge on any atom is 0.233 e. The van der Waals surface area contributed by atoms with Crippen LogP contribution in [-0.2, 0) is 14.6 Å². The topological polar surface area (TPSA) is 76.1 Å². The normalized spacial score (nSPS) is 15.9. The number of rotatable bonds is 6. The number of aromatic nitrogens is 1. The lowest BCUT2D eigenvalue weighted by molar-refractivity contribution is -0.118. The molecule has 0 bridgehead atoms. The molecule has 1 aliphatic carbocycles. The van der Waals surface area contributed by atoms with E-state index in [1.807, 2.05) is 0 Å². The quantitative estimate of drug-likeness (QED) is 0.691. The van der Waals surface area contributed by atoms with Crippen LogP contribution in [0, 0.1) is 5.92 Å². The number of anilines is 1. The lowest BCUT2D eigenvalue weighted by Crippen LogP contribution is -2.23. The van der Waals surface area contributed by atoms with Gasteiger partial charge in [-0.1, -0.05) is 50.8 Å². The molecule has 1 heterocycles. The minimum absolute atomic E-state index is 0. The fraction of sp³-hybridized carbons (Fsp3) is 0.474. The monoisotopic (exact) mass is 428 g/mol. The number of hydrogen-bond acceptors (Lipinski definition) is 5. The molecule has 8 heteroatoms. The third-order valence-electron chi connectivity index (χ3n) is 4.78. The molecule has 1 aromatic heterocycles. The largest absolute Gasteiger partial charge is 0.301 e. The predicted octanol–water partition coefficient (Wildman–Crippen LogP) is 5.14. The Bertz CT molecular complexity index is 876. The Morgan fingerprint density at radius 3 is 2.63 bits per heavy atom. The Labute approximate surface area is 170 Å². The minimum atomic E-state index is -3.40. The first-order valence-electron chi connectivity index (χ1n) is 8.54. The van der Waals surface area contributed by atoms with E-state index in [2.05, 4.69) is 10.3 Å². The average Bonchev–Trinajstić information content (AvgIpc) is 3.24. The summed E-state index contributed by atoms with van der Waals surface area (Å²) in [7, 11) is -3.40. The molecule has 1 amide bonds. The van der Waals surface area contributed by atoms with Gasteiger partial charge < -0.3 is 5.32 Å². The van der Waals surface area contributed by atoms with Gasteiger partial charge in [0.25, 0.3) is 0 Å². The summed E-state index contributed by atoms with van der Waals surface area (Å²) in [5.41, 5.74) is 0.739. The van der Waals surface area contributed by atoms with Gasteiger partial charge in [-0.2, -0.15) is 0 Å². The molecule has 1 aromatic carbocycles. The number of amides is 1. The number of carbonyl (C=O) groups is 1. The number of carbonyl (C=O) groups excluding carboxylic acids is 1. The average molecular weight is 429 g/mol. The van der Waals surface area contributed by atoms with Gasteiger partial charge in [0.2, 0.25) is 5.91 Å². The van der Waals surface area contributed by atoms with Crippen LogP contribution in [0.5, 0.6) is 0 Å². The van der Waals surface area contributed by atoms with Gasteiger partial charge in [0, 0.05) is 17.8 Å². The predicted molar refractivity (Wildman–Crippen MR) is 111 cm³/mol. The highest BCUT2D eigenvalue weighted by Crippen LogP contribution is 2.36. The molecule has 0 saturated heterocycles. The van der Waals surface area contributed by atoms with Gasteiger partial charge >= 0.3 is 0 Å². The summed E-state index contributed by atoms with van der Waals surface area (Å²) in [6.45, 7) is 0. The van der Waals surface area contributed by atoms with Crippen LogP contribution in [0.25, 0.3) is 0 Å². The molecule has 27 heavy (non-hydrogen) atoms. The Morgan fingerprint density at radius 1 is 1.37 bits per heavy atom. The van der Waals surface area contributed by atoms with Gasteiger partial charge in [0.1, 0.15) is 0 Å². The molecule has 0 aliphatic heterocycles. The van der Waals surface area contributed by atoms with Crippen LogP contribution in [0.2, 0.25) is 5.02 Å². The van der Waals surface area contributed by atoms with Crippen LogP contribution in [0.4, 0.5) is 5.13 Å². The second-order valence-electron chi connectivity index (χ2n) is 6.73. The second-order valence-corrected chi connectivity index (χ2v) is 10.0.